The van der Waals surface area contributed by atoms with Crippen LogP contribution in [0.2, 0.25) is 0 Å². The normalized spacial score (nSPS) is 28.9. The molecule has 1 saturated carbocycles. The molecule has 2 aliphatic carbocycles. The van der Waals surface area contributed by atoms with Crippen LogP contribution in [-0.4, -0.2) is 0 Å². The second-order valence-electron chi connectivity index (χ2n) is 7.95. The highest BCUT2D eigenvalue weighted by atomic mass is 14.3. The molecule has 0 bridgehead atoms. The molecule has 3 atom stereocenters. The lowest BCUT2D eigenvalue weighted by Gasteiger charge is -2.31. The largest absolute Gasteiger partial charge is 0.0853 e. The van der Waals surface area contributed by atoms with E-state index in [4.69, 9.17) is 0 Å². The van der Waals surface area contributed by atoms with E-state index in [1.807, 2.05) is 0 Å². The number of hydrogen-bond donors (Lipinski definition) is 0. The van der Waals surface area contributed by atoms with Gasteiger partial charge in [0.05, 0.1) is 0 Å². The van der Waals surface area contributed by atoms with Gasteiger partial charge < -0.3 is 0 Å². The maximum Gasteiger partial charge on any atom is -0.0250 e. The highest BCUT2D eigenvalue weighted by Gasteiger charge is 2.25. The van der Waals surface area contributed by atoms with Crippen molar-refractivity contribution >= 4 is 0 Å². The summed E-state index contributed by atoms with van der Waals surface area (Å²) < 4.78 is 0. The van der Waals surface area contributed by atoms with Crippen LogP contribution >= 0.6 is 0 Å². The fourth-order valence-corrected chi connectivity index (χ4v) is 4.92. The van der Waals surface area contributed by atoms with Gasteiger partial charge in [-0.2, -0.15) is 0 Å². The summed E-state index contributed by atoms with van der Waals surface area (Å²) in [5.41, 5.74) is 3.32. The van der Waals surface area contributed by atoms with E-state index in [0.717, 1.165) is 17.8 Å². The zero-order valence-corrected chi connectivity index (χ0v) is 15.0. The number of hydrogen-bond acceptors (Lipinski definition) is 0. The minimum absolute atomic E-state index is 0.888. The van der Waals surface area contributed by atoms with Crippen molar-refractivity contribution in [3.63, 3.8) is 0 Å². The third-order valence-corrected chi connectivity index (χ3v) is 6.36. The molecule has 0 heterocycles. The minimum atomic E-state index is 0.888. The Morgan fingerprint density at radius 2 is 1.65 bits per heavy atom. The van der Waals surface area contributed by atoms with Gasteiger partial charge in [0, 0.05) is 0 Å². The van der Waals surface area contributed by atoms with Gasteiger partial charge in [-0.05, 0) is 68.3 Å². The average molecular weight is 311 g/mol. The van der Waals surface area contributed by atoms with Crippen LogP contribution in [0.4, 0.5) is 0 Å². The van der Waals surface area contributed by atoms with Gasteiger partial charge in [-0.25, -0.2) is 0 Å². The van der Waals surface area contributed by atoms with E-state index < -0.39 is 0 Å². The Hall–Kier alpha value is -1.04. The van der Waals surface area contributed by atoms with Crippen LogP contribution in [0, 0.1) is 17.8 Å². The van der Waals surface area contributed by atoms with Gasteiger partial charge in [0.15, 0.2) is 0 Å². The summed E-state index contributed by atoms with van der Waals surface area (Å²) in [7, 11) is 0. The smallest absolute Gasteiger partial charge is 0.0250 e. The monoisotopic (exact) mass is 310 g/mol. The summed E-state index contributed by atoms with van der Waals surface area (Å²) in [5, 5.41) is 0. The highest BCUT2D eigenvalue weighted by molar-refractivity contribution is 5.16. The van der Waals surface area contributed by atoms with E-state index in [9.17, 15) is 0 Å². The number of benzene rings is 1. The predicted molar refractivity (Wildman–Crippen MR) is 101 cm³/mol. The molecule has 0 radical (unpaired) electrons. The van der Waals surface area contributed by atoms with E-state index in [-0.39, 0.29) is 0 Å². The van der Waals surface area contributed by atoms with E-state index in [1.54, 1.807) is 5.57 Å². The average Bonchev–Trinajstić information content (AvgIpc) is 2.82. The van der Waals surface area contributed by atoms with Crippen molar-refractivity contribution in [2.24, 2.45) is 17.8 Å². The third-order valence-electron chi connectivity index (χ3n) is 6.36. The minimum Gasteiger partial charge on any atom is -0.0853 e. The van der Waals surface area contributed by atoms with Gasteiger partial charge in [-0.3, -0.25) is 0 Å². The Labute approximate surface area is 143 Å². The summed E-state index contributed by atoms with van der Waals surface area (Å²) in [6, 6.07) is 11.1. The lowest BCUT2D eigenvalue weighted by Crippen LogP contribution is -2.19. The van der Waals surface area contributed by atoms with E-state index in [1.165, 1.54) is 76.2 Å². The first-order valence-electron chi connectivity index (χ1n) is 10.1. The summed E-state index contributed by atoms with van der Waals surface area (Å²) in [4.78, 5) is 0. The van der Waals surface area contributed by atoms with Gasteiger partial charge in [0.1, 0.15) is 0 Å². The molecule has 126 valence electrons. The Morgan fingerprint density at radius 1 is 0.870 bits per heavy atom. The molecule has 1 aromatic rings. The topological polar surface area (TPSA) is 0 Å². The molecule has 0 heteroatoms. The van der Waals surface area contributed by atoms with Crippen LogP contribution in [0.5, 0.6) is 0 Å². The second kappa shape index (κ2) is 8.71. The van der Waals surface area contributed by atoms with Crippen LogP contribution in [0.3, 0.4) is 0 Å². The Balaban J connectivity index is 1.50. The molecule has 23 heavy (non-hydrogen) atoms. The molecule has 0 nitrogen and oxygen atoms in total. The first-order valence-corrected chi connectivity index (χ1v) is 10.1. The van der Waals surface area contributed by atoms with Crippen molar-refractivity contribution in [1.82, 2.24) is 0 Å². The SMILES string of the molecule is CCC1CCCC[C@H]1CC1=CCCC(Cc2ccccc2)CC1. The molecule has 2 unspecified atom stereocenters. The number of rotatable bonds is 5. The summed E-state index contributed by atoms with van der Waals surface area (Å²) in [6.07, 6.45) is 18.1. The van der Waals surface area contributed by atoms with E-state index >= 15 is 0 Å². The first kappa shape index (κ1) is 16.8. The molecule has 0 amide bonds. The third kappa shape index (κ3) is 4.96. The molecule has 0 aromatic heterocycles. The Bertz CT molecular complexity index is 484. The molecular weight excluding hydrogens is 276 g/mol. The Morgan fingerprint density at radius 3 is 2.43 bits per heavy atom. The standard InChI is InChI=1S/C23H34/c1-2-22-13-6-7-14-23(22)18-21-12-8-11-20(15-16-21)17-19-9-4-3-5-10-19/h3-5,9-10,12,20,22-23H,2,6-8,11,13-18H2,1H3/t20?,22?,23-/m0/s1. The van der Waals surface area contributed by atoms with Crippen molar-refractivity contribution in [2.75, 3.05) is 0 Å². The highest BCUT2D eigenvalue weighted by Crippen LogP contribution is 2.38. The lowest BCUT2D eigenvalue weighted by atomic mass is 9.74. The second-order valence-corrected chi connectivity index (χ2v) is 7.95. The van der Waals surface area contributed by atoms with Crippen LogP contribution in [0.15, 0.2) is 42.0 Å². The van der Waals surface area contributed by atoms with Gasteiger partial charge in [0.25, 0.3) is 0 Å². The summed E-state index contributed by atoms with van der Waals surface area (Å²) >= 11 is 0. The molecule has 0 spiro atoms. The van der Waals surface area contributed by atoms with E-state index in [0.29, 0.717) is 0 Å². The van der Waals surface area contributed by atoms with Gasteiger partial charge in [0.2, 0.25) is 0 Å². The fraction of sp³-hybridized carbons (Fsp3) is 0.652. The summed E-state index contributed by atoms with van der Waals surface area (Å²) in [6.45, 7) is 2.40. The van der Waals surface area contributed by atoms with Gasteiger partial charge in [-0.1, -0.05) is 74.6 Å². The molecule has 1 aromatic carbocycles. The zero-order valence-electron chi connectivity index (χ0n) is 15.0. The zero-order chi connectivity index (χ0) is 15.9. The molecule has 0 saturated heterocycles. The van der Waals surface area contributed by atoms with Crippen molar-refractivity contribution in [2.45, 2.75) is 77.6 Å². The predicted octanol–water partition coefficient (Wildman–Crippen LogP) is 6.95. The van der Waals surface area contributed by atoms with Crippen molar-refractivity contribution < 1.29 is 0 Å². The Kier molecular flexibility index (Phi) is 6.37. The van der Waals surface area contributed by atoms with Crippen molar-refractivity contribution in [3.05, 3.63) is 47.5 Å². The summed E-state index contributed by atoms with van der Waals surface area (Å²) in [5.74, 6) is 2.89. The van der Waals surface area contributed by atoms with Gasteiger partial charge >= 0.3 is 0 Å². The molecule has 1 fully saturated rings. The molecule has 0 N–H and O–H groups in total. The van der Waals surface area contributed by atoms with Crippen LogP contribution < -0.4 is 0 Å². The van der Waals surface area contributed by atoms with Crippen LogP contribution in [-0.2, 0) is 6.42 Å². The molecule has 3 rings (SSSR count). The van der Waals surface area contributed by atoms with Crippen molar-refractivity contribution in [3.8, 4) is 0 Å². The first-order chi connectivity index (χ1) is 11.3. The van der Waals surface area contributed by atoms with E-state index in [2.05, 4.69) is 43.3 Å². The number of allylic oxidation sites excluding steroid dienone is 2. The molecule has 0 aliphatic heterocycles. The van der Waals surface area contributed by atoms with Crippen LogP contribution in [0.1, 0.15) is 76.7 Å². The van der Waals surface area contributed by atoms with Crippen molar-refractivity contribution in [1.29, 1.82) is 0 Å². The maximum atomic E-state index is 2.62. The van der Waals surface area contributed by atoms with Gasteiger partial charge in [-0.15, -0.1) is 0 Å². The lowest BCUT2D eigenvalue weighted by molar-refractivity contribution is 0.227. The van der Waals surface area contributed by atoms with Crippen LogP contribution in [0.25, 0.3) is 0 Å². The maximum absolute atomic E-state index is 2.62. The molecular formula is C23H34. The quantitative estimate of drug-likeness (QED) is 0.516. The fourth-order valence-electron chi connectivity index (χ4n) is 4.92. The molecule has 2 aliphatic rings.